The van der Waals surface area contributed by atoms with E-state index in [4.69, 9.17) is 16.3 Å². The third-order valence-corrected chi connectivity index (χ3v) is 5.58. The van der Waals surface area contributed by atoms with Crippen molar-refractivity contribution in [2.45, 2.75) is 32.6 Å². The van der Waals surface area contributed by atoms with Gasteiger partial charge in [-0.15, -0.1) is 0 Å². The molecule has 34 heavy (non-hydrogen) atoms. The van der Waals surface area contributed by atoms with Gasteiger partial charge in [0.05, 0.1) is 29.1 Å². The van der Waals surface area contributed by atoms with Crippen LogP contribution >= 0.6 is 11.6 Å². The third-order valence-electron chi connectivity index (χ3n) is 5.34. The van der Waals surface area contributed by atoms with Gasteiger partial charge in [-0.05, 0) is 50.2 Å². The van der Waals surface area contributed by atoms with Crippen molar-refractivity contribution in [3.8, 4) is 0 Å². The second-order valence-corrected chi connectivity index (χ2v) is 7.99. The van der Waals surface area contributed by atoms with Crippen LogP contribution < -0.4 is 10.9 Å². The Balaban J connectivity index is 2.00. The molecule has 1 N–H and O–H groups in total. The molecule has 2 aromatic carbocycles. The number of ether oxygens (including phenoxy) is 1. The van der Waals surface area contributed by atoms with Gasteiger partial charge in [0.2, 0.25) is 0 Å². The second kappa shape index (κ2) is 10.4. The molecule has 0 radical (unpaired) electrons. The molecule has 1 unspecified atom stereocenters. The molecule has 0 aliphatic heterocycles. The molecule has 11 heteroatoms. The van der Waals surface area contributed by atoms with Crippen LogP contribution in [0.3, 0.4) is 0 Å². The van der Waals surface area contributed by atoms with E-state index in [0.717, 1.165) is 12.1 Å². The number of fused-ring (bicyclic) bond motifs is 1. The number of hydrogen-bond acceptors (Lipinski definition) is 4. The van der Waals surface area contributed by atoms with E-state index in [1.807, 2.05) is 0 Å². The summed E-state index contributed by atoms with van der Waals surface area (Å²) in [6.07, 6.45) is -4.54. The molecule has 182 valence electrons. The summed E-state index contributed by atoms with van der Waals surface area (Å²) in [6, 6.07) is 7.75. The first-order valence-corrected chi connectivity index (χ1v) is 10.9. The minimum Gasteiger partial charge on any atom is -0.383 e. The smallest absolute Gasteiger partial charge is 0.383 e. The molecule has 2 amide bonds. The highest BCUT2D eigenvalue weighted by Crippen LogP contribution is 2.31. The fourth-order valence-corrected chi connectivity index (χ4v) is 3.77. The van der Waals surface area contributed by atoms with Crippen molar-refractivity contribution in [1.82, 2.24) is 14.5 Å². The van der Waals surface area contributed by atoms with E-state index in [9.17, 15) is 22.8 Å². The molecule has 0 saturated carbocycles. The number of nitrogens with one attached hydrogen (secondary N) is 1. The average molecular weight is 497 g/mol. The molecular formula is C23H24ClF3N4O3. The lowest BCUT2D eigenvalue weighted by molar-refractivity contribution is -0.137. The molecule has 0 aliphatic rings. The summed E-state index contributed by atoms with van der Waals surface area (Å²) >= 11 is 6.07. The van der Waals surface area contributed by atoms with E-state index in [2.05, 4.69) is 10.3 Å². The van der Waals surface area contributed by atoms with Crippen LogP contribution in [0.25, 0.3) is 10.9 Å². The van der Waals surface area contributed by atoms with E-state index >= 15 is 0 Å². The molecular weight excluding hydrogens is 473 g/mol. The van der Waals surface area contributed by atoms with Crippen LogP contribution in [0.15, 0.2) is 47.3 Å². The van der Waals surface area contributed by atoms with E-state index in [1.165, 1.54) is 28.7 Å². The Morgan fingerprint density at radius 3 is 2.65 bits per heavy atom. The molecule has 0 spiro atoms. The lowest BCUT2D eigenvalue weighted by Gasteiger charge is -2.30. The Labute approximate surface area is 199 Å². The summed E-state index contributed by atoms with van der Waals surface area (Å²) in [5.41, 5.74) is -0.791. The van der Waals surface area contributed by atoms with E-state index in [-0.39, 0.29) is 24.4 Å². The van der Waals surface area contributed by atoms with Gasteiger partial charge in [0.15, 0.2) is 0 Å². The van der Waals surface area contributed by atoms with Crippen molar-refractivity contribution in [1.29, 1.82) is 0 Å². The summed E-state index contributed by atoms with van der Waals surface area (Å²) in [6.45, 7) is 4.04. The van der Waals surface area contributed by atoms with Crippen LogP contribution in [-0.2, 0) is 17.5 Å². The highest BCUT2D eigenvalue weighted by molar-refractivity contribution is 6.31. The number of carbonyl (C=O) groups is 1. The second-order valence-electron chi connectivity index (χ2n) is 7.55. The van der Waals surface area contributed by atoms with Crippen molar-refractivity contribution < 1.29 is 22.7 Å². The largest absolute Gasteiger partial charge is 0.416 e. The zero-order valence-corrected chi connectivity index (χ0v) is 19.6. The topological polar surface area (TPSA) is 76.5 Å². The summed E-state index contributed by atoms with van der Waals surface area (Å²) < 4.78 is 45.8. The van der Waals surface area contributed by atoms with Crippen molar-refractivity contribution in [2.24, 2.45) is 0 Å². The predicted molar refractivity (Wildman–Crippen MR) is 124 cm³/mol. The van der Waals surface area contributed by atoms with E-state index < -0.39 is 23.8 Å². The molecule has 0 aliphatic carbocycles. The van der Waals surface area contributed by atoms with Crippen LogP contribution in [-0.4, -0.2) is 40.7 Å². The van der Waals surface area contributed by atoms with Gasteiger partial charge in [0.1, 0.15) is 5.82 Å². The first kappa shape index (κ1) is 25.5. The SMILES string of the molecule is CCn1c(C(C)N(CCOC)C(=O)Nc2cccc(C(F)(F)F)c2)nc2cc(Cl)ccc2c1=O. The van der Waals surface area contributed by atoms with Crippen molar-refractivity contribution >= 4 is 34.2 Å². The number of urea groups is 1. The number of anilines is 1. The first-order valence-electron chi connectivity index (χ1n) is 10.5. The monoisotopic (exact) mass is 496 g/mol. The van der Waals surface area contributed by atoms with Gasteiger partial charge in [-0.3, -0.25) is 9.36 Å². The standard InChI is InChI=1S/C23H24ClF3N4O3/c1-4-30-20(29-19-13-16(24)8-9-18(19)21(30)32)14(2)31(10-11-34-3)22(33)28-17-7-5-6-15(12-17)23(25,26)27/h5-9,12-14H,4,10-11H2,1-3H3,(H,28,33). The predicted octanol–water partition coefficient (Wildman–Crippen LogP) is 5.33. The Hall–Kier alpha value is -3.11. The van der Waals surface area contributed by atoms with Gasteiger partial charge in [-0.2, -0.15) is 13.2 Å². The lowest BCUT2D eigenvalue weighted by Crippen LogP contribution is -2.41. The van der Waals surface area contributed by atoms with E-state index in [0.29, 0.717) is 28.3 Å². The maximum absolute atomic E-state index is 13.1. The Kier molecular flexibility index (Phi) is 7.83. The molecule has 1 atom stereocenters. The molecule has 1 heterocycles. The normalized spacial score (nSPS) is 12.6. The highest BCUT2D eigenvalue weighted by atomic mass is 35.5. The minimum absolute atomic E-state index is 0.0134. The molecule has 3 aromatic rings. The van der Waals surface area contributed by atoms with Gasteiger partial charge in [-0.1, -0.05) is 17.7 Å². The number of benzene rings is 2. The Morgan fingerprint density at radius 1 is 1.26 bits per heavy atom. The van der Waals surface area contributed by atoms with Crippen molar-refractivity contribution in [3.05, 3.63) is 69.2 Å². The number of rotatable bonds is 7. The first-order chi connectivity index (χ1) is 16.1. The number of aromatic nitrogens is 2. The van der Waals surface area contributed by atoms with Gasteiger partial charge < -0.3 is 15.0 Å². The number of amides is 2. The molecule has 7 nitrogen and oxygen atoms in total. The number of hydrogen-bond donors (Lipinski definition) is 1. The minimum atomic E-state index is -4.54. The summed E-state index contributed by atoms with van der Waals surface area (Å²) in [5, 5.41) is 3.30. The van der Waals surface area contributed by atoms with Gasteiger partial charge in [-0.25, -0.2) is 9.78 Å². The lowest BCUT2D eigenvalue weighted by atomic mass is 10.2. The third kappa shape index (κ3) is 5.51. The fraction of sp³-hybridized carbons (Fsp3) is 0.348. The summed E-state index contributed by atoms with van der Waals surface area (Å²) in [5.74, 6) is 0.317. The molecule has 1 aromatic heterocycles. The van der Waals surface area contributed by atoms with E-state index in [1.54, 1.807) is 32.0 Å². The van der Waals surface area contributed by atoms with Crippen molar-refractivity contribution in [3.63, 3.8) is 0 Å². The molecule has 0 saturated heterocycles. The zero-order valence-electron chi connectivity index (χ0n) is 18.8. The quantitative estimate of drug-likeness (QED) is 0.479. The molecule has 0 bridgehead atoms. The number of alkyl halides is 3. The zero-order chi connectivity index (χ0) is 25.0. The number of nitrogens with zero attached hydrogens (tertiary/aromatic N) is 3. The Morgan fingerprint density at radius 2 is 2.00 bits per heavy atom. The Bertz CT molecular complexity index is 1250. The molecule has 3 rings (SSSR count). The molecule has 0 fully saturated rings. The van der Waals surface area contributed by atoms with Gasteiger partial charge >= 0.3 is 12.2 Å². The maximum atomic E-state index is 13.1. The number of carbonyl (C=O) groups excluding carboxylic acids is 1. The van der Waals surface area contributed by atoms with Crippen molar-refractivity contribution in [2.75, 3.05) is 25.6 Å². The highest BCUT2D eigenvalue weighted by Gasteiger charge is 2.31. The van der Waals surface area contributed by atoms with Crippen LogP contribution in [0, 0.1) is 0 Å². The fourth-order valence-electron chi connectivity index (χ4n) is 3.60. The van der Waals surface area contributed by atoms with Crippen LogP contribution in [0.5, 0.6) is 0 Å². The maximum Gasteiger partial charge on any atom is 0.416 e. The number of methoxy groups -OCH3 is 1. The van der Waals surface area contributed by atoms with Crippen LogP contribution in [0.1, 0.15) is 31.3 Å². The van der Waals surface area contributed by atoms with Crippen LogP contribution in [0.2, 0.25) is 5.02 Å². The average Bonchev–Trinajstić information content (AvgIpc) is 2.78. The number of halogens is 4. The summed E-state index contributed by atoms with van der Waals surface area (Å²) in [4.78, 5) is 32.1. The van der Waals surface area contributed by atoms with Crippen LogP contribution in [0.4, 0.5) is 23.7 Å². The van der Waals surface area contributed by atoms with Gasteiger partial charge in [0, 0.05) is 30.9 Å². The summed E-state index contributed by atoms with van der Waals surface area (Å²) in [7, 11) is 1.46. The van der Waals surface area contributed by atoms with Gasteiger partial charge in [0.25, 0.3) is 5.56 Å².